The second-order valence-electron chi connectivity index (χ2n) is 7.69. The van der Waals surface area contributed by atoms with Crippen LogP contribution >= 0.6 is 11.6 Å². The first kappa shape index (κ1) is 24.0. The van der Waals surface area contributed by atoms with E-state index in [9.17, 15) is 12.8 Å². The van der Waals surface area contributed by atoms with Crippen molar-refractivity contribution in [2.45, 2.75) is 18.0 Å². The van der Waals surface area contributed by atoms with Gasteiger partial charge in [0, 0.05) is 29.2 Å². The third kappa shape index (κ3) is 5.14. The lowest BCUT2D eigenvalue weighted by Crippen LogP contribution is -2.30. The molecule has 0 N–H and O–H groups in total. The molecule has 0 saturated heterocycles. The second-order valence-corrected chi connectivity index (χ2v) is 10.0. The number of hydrogen-bond acceptors (Lipinski definition) is 3. The maximum absolute atomic E-state index is 14.6. The van der Waals surface area contributed by atoms with Crippen LogP contribution < -0.4 is 4.74 Å². The van der Waals surface area contributed by atoms with E-state index >= 15 is 0 Å². The molecular weight excluding hydrogens is 473 g/mol. The van der Waals surface area contributed by atoms with Crippen molar-refractivity contribution in [2.75, 3.05) is 7.11 Å². The number of methoxy groups -OCH3 is 1. The van der Waals surface area contributed by atoms with E-state index in [1.807, 2.05) is 42.5 Å². The molecule has 4 aromatic rings. The smallest absolute Gasteiger partial charge is 0.243 e. The molecule has 4 nitrogen and oxygen atoms in total. The molecule has 0 radical (unpaired) electrons. The summed E-state index contributed by atoms with van der Waals surface area (Å²) in [5.41, 5.74) is 2.69. The molecule has 174 valence electrons. The lowest BCUT2D eigenvalue weighted by Gasteiger charge is -2.24. The summed E-state index contributed by atoms with van der Waals surface area (Å²) in [5.74, 6) is 0.0578. The van der Waals surface area contributed by atoms with Crippen molar-refractivity contribution < 1.29 is 17.5 Å². The molecule has 0 saturated carbocycles. The molecule has 4 aromatic carbocycles. The van der Waals surface area contributed by atoms with E-state index in [-0.39, 0.29) is 28.6 Å². The van der Waals surface area contributed by atoms with Gasteiger partial charge < -0.3 is 4.74 Å². The van der Waals surface area contributed by atoms with E-state index in [0.29, 0.717) is 11.3 Å². The Morgan fingerprint density at radius 3 is 2.18 bits per heavy atom. The summed E-state index contributed by atoms with van der Waals surface area (Å²) in [6, 6.07) is 27.7. The fourth-order valence-corrected chi connectivity index (χ4v) is 5.36. The minimum absolute atomic E-state index is 0.00726. The fraction of sp³-hybridized carbons (Fsp3) is 0.111. The minimum Gasteiger partial charge on any atom is -0.496 e. The number of halogens is 2. The molecule has 7 heteroatoms. The fourth-order valence-electron chi connectivity index (χ4n) is 3.72. The van der Waals surface area contributed by atoms with Gasteiger partial charge >= 0.3 is 0 Å². The third-order valence-corrected chi connectivity index (χ3v) is 7.65. The van der Waals surface area contributed by atoms with Crippen LogP contribution in [0.1, 0.15) is 11.1 Å². The van der Waals surface area contributed by atoms with Crippen molar-refractivity contribution in [2.24, 2.45) is 0 Å². The Morgan fingerprint density at radius 1 is 0.853 bits per heavy atom. The van der Waals surface area contributed by atoms with Crippen LogP contribution in [-0.2, 0) is 23.1 Å². The Hall–Kier alpha value is -3.19. The van der Waals surface area contributed by atoms with Gasteiger partial charge in [0.05, 0.1) is 12.0 Å². The molecule has 0 spiro atoms. The molecule has 0 aliphatic carbocycles. The molecule has 0 atom stereocenters. The first-order valence-corrected chi connectivity index (χ1v) is 12.4. The Morgan fingerprint density at radius 2 is 1.53 bits per heavy atom. The average molecular weight is 496 g/mol. The predicted octanol–water partition coefficient (Wildman–Crippen LogP) is 6.55. The molecule has 0 aliphatic rings. The number of hydrogen-bond donors (Lipinski definition) is 0. The first-order valence-electron chi connectivity index (χ1n) is 10.6. The molecule has 0 amide bonds. The van der Waals surface area contributed by atoms with E-state index in [4.69, 9.17) is 16.3 Å². The topological polar surface area (TPSA) is 46.6 Å². The van der Waals surface area contributed by atoms with E-state index in [1.54, 1.807) is 37.4 Å². The van der Waals surface area contributed by atoms with Crippen LogP contribution in [0.15, 0.2) is 102 Å². The van der Waals surface area contributed by atoms with Crippen molar-refractivity contribution in [3.8, 4) is 16.9 Å². The Bertz CT molecular complexity index is 1360. The van der Waals surface area contributed by atoms with Gasteiger partial charge in [0.2, 0.25) is 10.0 Å². The Balaban J connectivity index is 1.74. The summed E-state index contributed by atoms with van der Waals surface area (Å²) in [6.07, 6.45) is 0. The maximum atomic E-state index is 14.6. The van der Waals surface area contributed by atoms with Crippen molar-refractivity contribution in [3.63, 3.8) is 0 Å². The van der Waals surface area contributed by atoms with Crippen LogP contribution in [0.2, 0.25) is 5.02 Å². The molecule has 4 rings (SSSR count). The summed E-state index contributed by atoms with van der Waals surface area (Å²) < 4.78 is 48.5. The Labute approximate surface area is 204 Å². The number of rotatable bonds is 8. The van der Waals surface area contributed by atoms with Gasteiger partial charge in [0.15, 0.2) is 0 Å². The van der Waals surface area contributed by atoms with Crippen LogP contribution in [0.25, 0.3) is 11.1 Å². The number of nitrogens with zero attached hydrogens (tertiary/aromatic N) is 1. The van der Waals surface area contributed by atoms with Crippen LogP contribution in [0.3, 0.4) is 0 Å². The minimum atomic E-state index is -3.95. The quantitative estimate of drug-likeness (QED) is 0.278. The van der Waals surface area contributed by atoms with E-state index in [2.05, 4.69) is 0 Å². The zero-order chi connectivity index (χ0) is 24.1. The molecule has 0 aliphatic heterocycles. The highest BCUT2D eigenvalue weighted by atomic mass is 35.5. The van der Waals surface area contributed by atoms with Gasteiger partial charge in [-0.1, -0.05) is 78.3 Å². The van der Waals surface area contributed by atoms with Crippen molar-refractivity contribution >= 4 is 21.6 Å². The van der Waals surface area contributed by atoms with E-state index in [0.717, 1.165) is 11.1 Å². The van der Waals surface area contributed by atoms with Gasteiger partial charge in [0.25, 0.3) is 0 Å². The number of ether oxygens (including phenoxy) is 1. The summed E-state index contributed by atoms with van der Waals surface area (Å²) in [6.45, 7) is -0.210. The molecule has 34 heavy (non-hydrogen) atoms. The summed E-state index contributed by atoms with van der Waals surface area (Å²) in [4.78, 5) is 0.121. The van der Waals surface area contributed by atoms with Gasteiger partial charge in [0.1, 0.15) is 11.6 Å². The molecule has 0 bridgehead atoms. The average Bonchev–Trinajstić information content (AvgIpc) is 2.86. The zero-order valence-electron chi connectivity index (χ0n) is 18.5. The monoisotopic (exact) mass is 495 g/mol. The Kier molecular flexibility index (Phi) is 7.32. The molecule has 0 heterocycles. The normalized spacial score (nSPS) is 11.5. The van der Waals surface area contributed by atoms with Crippen LogP contribution in [-0.4, -0.2) is 19.8 Å². The van der Waals surface area contributed by atoms with Crippen LogP contribution in [0.4, 0.5) is 4.39 Å². The highest BCUT2D eigenvalue weighted by molar-refractivity contribution is 7.89. The van der Waals surface area contributed by atoms with Gasteiger partial charge in [-0.05, 0) is 41.5 Å². The van der Waals surface area contributed by atoms with E-state index in [1.165, 1.54) is 28.6 Å². The van der Waals surface area contributed by atoms with Crippen molar-refractivity contribution in [3.05, 3.63) is 119 Å². The van der Waals surface area contributed by atoms with Gasteiger partial charge in [-0.15, -0.1) is 0 Å². The summed E-state index contributed by atoms with van der Waals surface area (Å²) in [5, 5.41) is 0.172. The van der Waals surface area contributed by atoms with Crippen LogP contribution in [0.5, 0.6) is 5.75 Å². The summed E-state index contributed by atoms with van der Waals surface area (Å²) in [7, 11) is -2.37. The molecule has 0 fully saturated rings. The first-order chi connectivity index (χ1) is 16.4. The molecular formula is C27H23ClFNO3S. The van der Waals surface area contributed by atoms with Gasteiger partial charge in [-0.3, -0.25) is 0 Å². The summed E-state index contributed by atoms with van der Waals surface area (Å²) >= 11 is 6.23. The standard InChI is InChI=1S/C27H23ClFNO3S/c1-33-27-17-20(15-16-23(27)21-9-4-2-5-10-21)18-30(19-24-25(28)13-8-14-26(24)29)34(31,32)22-11-6-3-7-12-22/h2-17H,18-19H2,1H3. The van der Waals surface area contributed by atoms with Crippen LogP contribution in [0, 0.1) is 5.82 Å². The molecule has 0 unspecified atom stereocenters. The van der Waals surface area contributed by atoms with Crippen molar-refractivity contribution in [1.82, 2.24) is 4.31 Å². The highest BCUT2D eigenvalue weighted by Crippen LogP contribution is 2.32. The largest absolute Gasteiger partial charge is 0.496 e. The third-order valence-electron chi connectivity index (χ3n) is 5.49. The van der Waals surface area contributed by atoms with E-state index < -0.39 is 15.8 Å². The lowest BCUT2D eigenvalue weighted by atomic mass is 10.0. The maximum Gasteiger partial charge on any atom is 0.243 e. The van der Waals surface area contributed by atoms with Gasteiger partial charge in [-0.25, -0.2) is 12.8 Å². The van der Waals surface area contributed by atoms with Crippen molar-refractivity contribution in [1.29, 1.82) is 0 Å². The predicted molar refractivity (Wildman–Crippen MR) is 133 cm³/mol. The number of benzene rings is 4. The SMILES string of the molecule is COc1cc(CN(Cc2c(F)cccc2Cl)S(=O)(=O)c2ccccc2)ccc1-c1ccccc1. The van der Waals surface area contributed by atoms with Gasteiger partial charge in [-0.2, -0.15) is 4.31 Å². The zero-order valence-corrected chi connectivity index (χ0v) is 20.1. The highest BCUT2D eigenvalue weighted by Gasteiger charge is 2.27. The molecule has 0 aromatic heterocycles. The second kappa shape index (κ2) is 10.4. The number of sulfonamides is 1. The lowest BCUT2D eigenvalue weighted by molar-refractivity contribution is 0.390.